The Hall–Kier alpha value is -1.74. The van der Waals surface area contributed by atoms with Gasteiger partial charge in [-0.25, -0.2) is 0 Å². The van der Waals surface area contributed by atoms with Gasteiger partial charge in [0.2, 0.25) is 0 Å². The topological polar surface area (TPSA) is 31.2 Å². The Morgan fingerprint density at radius 2 is 2.10 bits per heavy atom. The van der Waals surface area contributed by atoms with Crippen LogP contribution in [-0.2, 0) is 6.54 Å². The van der Waals surface area contributed by atoms with Crippen LogP contribution in [0.3, 0.4) is 0 Å². The Bertz CT molecular complexity index is 756. The van der Waals surface area contributed by atoms with Crippen LogP contribution in [0.5, 0.6) is 5.75 Å². The maximum absolute atomic E-state index is 12.2. The Morgan fingerprint density at radius 3 is 2.71 bits per heavy atom. The van der Waals surface area contributed by atoms with Gasteiger partial charge in [-0.3, -0.25) is 4.79 Å². The Morgan fingerprint density at radius 1 is 1.33 bits per heavy atom. The summed E-state index contributed by atoms with van der Waals surface area (Å²) in [4.78, 5) is 12.2. The van der Waals surface area contributed by atoms with E-state index in [2.05, 4.69) is 28.5 Å². The number of rotatable bonds is 4. The second-order valence-electron chi connectivity index (χ2n) is 4.59. The third-order valence-electron chi connectivity index (χ3n) is 3.24. The van der Waals surface area contributed by atoms with E-state index in [1.165, 1.54) is 0 Å². The molecule has 0 aliphatic carbocycles. The number of nitrogens with zero attached hydrogens (tertiary/aromatic N) is 1. The first kappa shape index (κ1) is 15.6. The molecule has 0 aliphatic rings. The third kappa shape index (κ3) is 3.30. The smallest absolute Gasteiger partial charge is 0.264 e. The van der Waals surface area contributed by atoms with Gasteiger partial charge >= 0.3 is 0 Å². The minimum absolute atomic E-state index is 0.0441. The van der Waals surface area contributed by atoms with Crippen LogP contribution in [0.25, 0.3) is 11.3 Å². The van der Waals surface area contributed by atoms with Gasteiger partial charge < -0.3 is 9.30 Å². The van der Waals surface area contributed by atoms with Crippen molar-refractivity contribution in [1.82, 2.24) is 4.57 Å². The number of halogens is 1. The van der Waals surface area contributed by atoms with Crippen molar-refractivity contribution in [2.45, 2.75) is 20.4 Å². The first-order valence-electron chi connectivity index (χ1n) is 6.65. The van der Waals surface area contributed by atoms with E-state index in [0.717, 1.165) is 26.1 Å². The molecule has 108 valence electrons. The summed E-state index contributed by atoms with van der Waals surface area (Å²) in [6.07, 6.45) is 5.19. The van der Waals surface area contributed by atoms with E-state index in [1.807, 2.05) is 44.2 Å². The number of hydrogen-bond donors (Lipinski definition) is 0. The first-order valence-corrected chi connectivity index (χ1v) is 7.73. The van der Waals surface area contributed by atoms with Crippen molar-refractivity contribution in [3.05, 3.63) is 49.8 Å². The molecule has 0 fully saturated rings. The Kier molecular flexibility index (Phi) is 5.07. The lowest BCUT2D eigenvalue weighted by atomic mass is 10.0. The second-order valence-corrected chi connectivity index (χ2v) is 5.75. The minimum atomic E-state index is 0.0441. The number of aromatic nitrogens is 1. The van der Waals surface area contributed by atoms with Crippen LogP contribution >= 0.6 is 22.6 Å². The number of terminal acetylenes is 1. The van der Waals surface area contributed by atoms with E-state index >= 15 is 0 Å². The van der Waals surface area contributed by atoms with E-state index in [-0.39, 0.29) is 12.2 Å². The van der Waals surface area contributed by atoms with Crippen LogP contribution in [-0.4, -0.2) is 11.2 Å². The molecule has 0 N–H and O–H groups in total. The maximum atomic E-state index is 12.2. The lowest BCUT2D eigenvalue weighted by Crippen LogP contribution is -2.23. The highest BCUT2D eigenvalue weighted by Crippen LogP contribution is 2.26. The van der Waals surface area contributed by atoms with Crippen molar-refractivity contribution in [2.24, 2.45) is 0 Å². The zero-order valence-corrected chi connectivity index (χ0v) is 14.2. The van der Waals surface area contributed by atoms with Crippen LogP contribution in [0.2, 0.25) is 0 Å². The van der Waals surface area contributed by atoms with Gasteiger partial charge in [0, 0.05) is 12.1 Å². The highest BCUT2D eigenvalue weighted by Gasteiger charge is 2.10. The standard InChI is InChI=1S/C17H16INO2/c1-4-10-21-13-6-7-14(12(3)11-13)16-9-8-15(18)17(20)19(16)5-2/h1,6-9,11H,5,10H2,2-3H3. The SMILES string of the molecule is C#CCOc1ccc(-c2ccc(I)c(=O)n2CC)c(C)c1. The zero-order valence-electron chi connectivity index (χ0n) is 12.0. The molecule has 0 atom stereocenters. The zero-order chi connectivity index (χ0) is 15.4. The van der Waals surface area contributed by atoms with Gasteiger partial charge in [-0.15, -0.1) is 6.42 Å². The highest BCUT2D eigenvalue weighted by molar-refractivity contribution is 14.1. The third-order valence-corrected chi connectivity index (χ3v) is 4.06. The van der Waals surface area contributed by atoms with Crippen molar-refractivity contribution in [2.75, 3.05) is 6.61 Å². The molecule has 0 amide bonds. The fourth-order valence-corrected chi connectivity index (χ4v) is 2.71. The van der Waals surface area contributed by atoms with Gasteiger partial charge in [0.25, 0.3) is 5.56 Å². The molecule has 0 radical (unpaired) electrons. The number of pyridine rings is 1. The van der Waals surface area contributed by atoms with Crippen molar-refractivity contribution in [3.8, 4) is 29.4 Å². The van der Waals surface area contributed by atoms with Crippen LogP contribution in [0.4, 0.5) is 0 Å². The van der Waals surface area contributed by atoms with Gasteiger partial charge in [0.15, 0.2) is 0 Å². The summed E-state index contributed by atoms with van der Waals surface area (Å²) in [5, 5.41) is 0. The normalized spacial score (nSPS) is 10.2. The summed E-state index contributed by atoms with van der Waals surface area (Å²) in [6, 6.07) is 9.62. The molecule has 1 aromatic carbocycles. The second kappa shape index (κ2) is 6.81. The molecular weight excluding hydrogens is 377 g/mol. The van der Waals surface area contributed by atoms with Crippen molar-refractivity contribution >= 4 is 22.6 Å². The van der Waals surface area contributed by atoms with E-state index in [4.69, 9.17) is 11.2 Å². The van der Waals surface area contributed by atoms with Crippen LogP contribution in [0.15, 0.2) is 35.1 Å². The average Bonchev–Trinajstić information content (AvgIpc) is 2.48. The van der Waals surface area contributed by atoms with Gasteiger partial charge in [-0.2, -0.15) is 0 Å². The molecule has 21 heavy (non-hydrogen) atoms. The van der Waals surface area contributed by atoms with E-state index in [0.29, 0.717) is 6.54 Å². The average molecular weight is 393 g/mol. The van der Waals surface area contributed by atoms with Crippen LogP contribution in [0.1, 0.15) is 12.5 Å². The van der Waals surface area contributed by atoms with E-state index in [1.54, 1.807) is 4.57 Å². The van der Waals surface area contributed by atoms with Crippen LogP contribution < -0.4 is 10.3 Å². The van der Waals surface area contributed by atoms with Crippen molar-refractivity contribution in [1.29, 1.82) is 0 Å². The molecule has 2 aromatic rings. The molecule has 4 heteroatoms. The van der Waals surface area contributed by atoms with E-state index in [9.17, 15) is 4.79 Å². The monoisotopic (exact) mass is 393 g/mol. The summed E-state index contributed by atoms with van der Waals surface area (Å²) >= 11 is 2.07. The summed E-state index contributed by atoms with van der Waals surface area (Å²) < 4.78 is 7.93. The fourth-order valence-electron chi connectivity index (χ4n) is 2.24. The minimum Gasteiger partial charge on any atom is -0.481 e. The molecule has 0 bridgehead atoms. The molecule has 0 unspecified atom stereocenters. The largest absolute Gasteiger partial charge is 0.481 e. The molecule has 1 aromatic heterocycles. The highest BCUT2D eigenvalue weighted by atomic mass is 127. The quantitative estimate of drug-likeness (QED) is 0.589. The lowest BCUT2D eigenvalue weighted by Gasteiger charge is -2.14. The van der Waals surface area contributed by atoms with E-state index < -0.39 is 0 Å². The molecule has 0 saturated heterocycles. The van der Waals surface area contributed by atoms with Gasteiger partial charge in [-0.1, -0.05) is 5.92 Å². The number of hydrogen-bond acceptors (Lipinski definition) is 2. The van der Waals surface area contributed by atoms with Crippen molar-refractivity contribution in [3.63, 3.8) is 0 Å². The summed E-state index contributed by atoms with van der Waals surface area (Å²) in [5.41, 5.74) is 3.04. The Balaban J connectivity index is 2.51. The molecule has 0 spiro atoms. The maximum Gasteiger partial charge on any atom is 0.264 e. The molecule has 2 rings (SSSR count). The number of aryl methyl sites for hydroxylation is 1. The van der Waals surface area contributed by atoms with Gasteiger partial charge in [0.05, 0.1) is 9.26 Å². The molecule has 0 aliphatic heterocycles. The summed E-state index contributed by atoms with van der Waals surface area (Å²) in [6.45, 7) is 4.86. The molecule has 0 saturated carbocycles. The fraction of sp³-hybridized carbons (Fsp3) is 0.235. The molecule has 1 heterocycles. The number of benzene rings is 1. The number of ether oxygens (including phenoxy) is 1. The van der Waals surface area contributed by atoms with Crippen LogP contribution in [0, 0.1) is 22.8 Å². The first-order chi connectivity index (χ1) is 10.1. The van der Waals surface area contributed by atoms with Gasteiger partial charge in [0.1, 0.15) is 12.4 Å². The molecule has 3 nitrogen and oxygen atoms in total. The van der Waals surface area contributed by atoms with Gasteiger partial charge in [-0.05, 0) is 72.3 Å². The predicted molar refractivity (Wildman–Crippen MR) is 93.6 cm³/mol. The summed E-state index contributed by atoms with van der Waals surface area (Å²) in [5.74, 6) is 3.19. The molecular formula is C17H16INO2. The summed E-state index contributed by atoms with van der Waals surface area (Å²) in [7, 11) is 0. The Labute approximate surface area is 138 Å². The predicted octanol–water partition coefficient (Wildman–Crippen LogP) is 3.46. The van der Waals surface area contributed by atoms with Crippen molar-refractivity contribution < 1.29 is 4.74 Å². The lowest BCUT2D eigenvalue weighted by molar-refractivity contribution is 0.370.